The van der Waals surface area contributed by atoms with Crippen LogP contribution in [0.25, 0.3) is 10.8 Å². The zero-order chi connectivity index (χ0) is 17.0. The second kappa shape index (κ2) is 6.88. The Hall–Kier alpha value is -2.60. The highest BCUT2D eigenvalue weighted by Crippen LogP contribution is 2.23. The maximum atomic E-state index is 12.1. The van der Waals surface area contributed by atoms with Gasteiger partial charge in [-0.05, 0) is 29.3 Å². The van der Waals surface area contributed by atoms with Gasteiger partial charge < -0.3 is 19.9 Å². The van der Waals surface area contributed by atoms with Crippen LogP contribution in [0.1, 0.15) is 12.8 Å². The molecule has 0 bridgehead atoms. The number of nitrogens with one attached hydrogen (secondary N) is 1. The molecule has 3 rings (SSSR count). The molecule has 0 aromatic heterocycles. The van der Waals surface area contributed by atoms with E-state index in [2.05, 4.69) is 5.32 Å². The lowest BCUT2D eigenvalue weighted by atomic mass is 9.94. The molecule has 2 aromatic carbocycles. The van der Waals surface area contributed by atoms with Gasteiger partial charge in [-0.3, -0.25) is 9.59 Å². The Bertz CT molecular complexity index is 752. The first-order valence-electron chi connectivity index (χ1n) is 7.79. The Labute approximate surface area is 139 Å². The molecule has 1 saturated heterocycles. The first-order valence-corrected chi connectivity index (χ1v) is 7.79. The summed E-state index contributed by atoms with van der Waals surface area (Å²) < 4.78 is 10.8. The van der Waals surface area contributed by atoms with E-state index in [-0.39, 0.29) is 25.5 Å². The van der Waals surface area contributed by atoms with Gasteiger partial charge >= 0.3 is 5.97 Å². The lowest BCUT2D eigenvalue weighted by molar-refractivity contribution is -0.139. The first kappa shape index (κ1) is 16.3. The number of amides is 1. The molecule has 126 valence electrons. The second-order valence-electron chi connectivity index (χ2n) is 6.00. The third kappa shape index (κ3) is 3.83. The zero-order valence-corrected chi connectivity index (χ0v) is 13.2. The van der Waals surface area contributed by atoms with Crippen LogP contribution in [0.2, 0.25) is 0 Å². The van der Waals surface area contributed by atoms with Crippen LogP contribution in [0.15, 0.2) is 42.5 Å². The van der Waals surface area contributed by atoms with Crippen LogP contribution in [0.4, 0.5) is 0 Å². The van der Waals surface area contributed by atoms with Crippen LogP contribution < -0.4 is 10.1 Å². The summed E-state index contributed by atoms with van der Waals surface area (Å²) in [4.78, 5) is 23.1. The highest BCUT2D eigenvalue weighted by Gasteiger charge is 2.38. The van der Waals surface area contributed by atoms with Crippen LogP contribution >= 0.6 is 0 Å². The van der Waals surface area contributed by atoms with E-state index in [1.54, 1.807) is 6.07 Å². The van der Waals surface area contributed by atoms with Crippen molar-refractivity contribution in [2.45, 2.75) is 18.4 Å². The van der Waals surface area contributed by atoms with Crippen LogP contribution in [0, 0.1) is 0 Å². The molecule has 0 saturated carbocycles. The molecule has 1 atom stereocenters. The molecule has 1 unspecified atom stereocenters. The van der Waals surface area contributed by atoms with Crippen LogP contribution in [-0.4, -0.2) is 42.3 Å². The van der Waals surface area contributed by atoms with Gasteiger partial charge in [0.2, 0.25) is 0 Å². The van der Waals surface area contributed by atoms with Crippen molar-refractivity contribution in [3.05, 3.63) is 42.5 Å². The highest BCUT2D eigenvalue weighted by atomic mass is 16.5. The molecule has 2 aromatic rings. The zero-order valence-electron chi connectivity index (χ0n) is 13.2. The number of benzene rings is 2. The summed E-state index contributed by atoms with van der Waals surface area (Å²) in [5.41, 5.74) is -0.838. The standard InChI is InChI=1S/C18H19NO5/c20-16(19-18(10-17(21)22)7-8-23-12-18)11-24-15-6-5-13-3-1-2-4-14(13)9-15/h1-6,9H,7-8,10-12H2,(H,19,20)(H,21,22). The molecule has 24 heavy (non-hydrogen) atoms. The minimum atomic E-state index is -0.962. The van der Waals surface area contributed by atoms with Gasteiger partial charge in [0.05, 0.1) is 18.6 Å². The van der Waals surface area contributed by atoms with E-state index < -0.39 is 11.5 Å². The number of fused-ring (bicyclic) bond motifs is 1. The number of carbonyl (C=O) groups excluding carboxylic acids is 1. The number of carboxylic acids is 1. The molecule has 1 fully saturated rings. The van der Waals surface area contributed by atoms with Crippen molar-refractivity contribution in [1.29, 1.82) is 0 Å². The Morgan fingerprint density at radius 1 is 1.21 bits per heavy atom. The largest absolute Gasteiger partial charge is 0.484 e. The number of rotatable bonds is 6. The average molecular weight is 329 g/mol. The quantitative estimate of drug-likeness (QED) is 0.846. The predicted octanol–water partition coefficient (Wildman–Crippen LogP) is 1.97. The molecule has 0 spiro atoms. The van der Waals surface area contributed by atoms with Gasteiger partial charge in [-0.1, -0.05) is 30.3 Å². The third-order valence-corrected chi connectivity index (χ3v) is 4.09. The van der Waals surface area contributed by atoms with E-state index in [4.69, 9.17) is 14.6 Å². The van der Waals surface area contributed by atoms with E-state index in [0.29, 0.717) is 18.8 Å². The topological polar surface area (TPSA) is 84.9 Å². The Morgan fingerprint density at radius 2 is 2.00 bits per heavy atom. The number of ether oxygens (including phenoxy) is 2. The smallest absolute Gasteiger partial charge is 0.305 e. The summed E-state index contributed by atoms with van der Waals surface area (Å²) in [5.74, 6) is -0.718. The summed E-state index contributed by atoms with van der Waals surface area (Å²) in [5, 5.41) is 13.9. The van der Waals surface area contributed by atoms with Gasteiger partial charge in [-0.25, -0.2) is 0 Å². The van der Waals surface area contributed by atoms with Crippen molar-refractivity contribution >= 4 is 22.6 Å². The Morgan fingerprint density at radius 3 is 2.71 bits per heavy atom. The van der Waals surface area contributed by atoms with Crippen molar-refractivity contribution < 1.29 is 24.2 Å². The maximum Gasteiger partial charge on any atom is 0.305 e. The lowest BCUT2D eigenvalue weighted by Gasteiger charge is -2.26. The molecular formula is C18H19NO5. The predicted molar refractivity (Wildman–Crippen MR) is 88.0 cm³/mol. The van der Waals surface area contributed by atoms with E-state index in [9.17, 15) is 9.59 Å². The van der Waals surface area contributed by atoms with Gasteiger partial charge in [0.1, 0.15) is 5.75 Å². The van der Waals surface area contributed by atoms with E-state index >= 15 is 0 Å². The van der Waals surface area contributed by atoms with Crippen molar-refractivity contribution in [3.63, 3.8) is 0 Å². The lowest BCUT2D eigenvalue weighted by Crippen LogP contribution is -2.51. The Balaban J connectivity index is 1.60. The summed E-state index contributed by atoms with van der Waals surface area (Å²) in [6, 6.07) is 13.5. The second-order valence-corrected chi connectivity index (χ2v) is 6.00. The molecule has 1 heterocycles. The van der Waals surface area contributed by atoms with Gasteiger partial charge in [-0.15, -0.1) is 0 Å². The Kier molecular flexibility index (Phi) is 4.66. The molecule has 0 aliphatic carbocycles. The van der Waals surface area contributed by atoms with Crippen molar-refractivity contribution in [3.8, 4) is 5.75 Å². The van der Waals surface area contributed by atoms with Crippen molar-refractivity contribution in [1.82, 2.24) is 5.32 Å². The van der Waals surface area contributed by atoms with Crippen LogP contribution in [-0.2, 0) is 14.3 Å². The van der Waals surface area contributed by atoms with Gasteiger partial charge in [0.15, 0.2) is 6.61 Å². The SMILES string of the molecule is O=C(O)CC1(NC(=O)COc2ccc3ccccc3c2)CCOC1. The normalized spacial score (nSPS) is 20.0. The molecule has 6 nitrogen and oxygen atoms in total. The van der Waals surface area contributed by atoms with E-state index in [1.807, 2.05) is 36.4 Å². The van der Waals surface area contributed by atoms with Crippen LogP contribution in [0.3, 0.4) is 0 Å². The molecule has 1 amide bonds. The van der Waals surface area contributed by atoms with Gasteiger partial charge in [0, 0.05) is 6.61 Å². The fourth-order valence-corrected chi connectivity index (χ4v) is 2.92. The fraction of sp³-hybridized carbons (Fsp3) is 0.333. The monoisotopic (exact) mass is 329 g/mol. The van der Waals surface area contributed by atoms with Gasteiger partial charge in [0.25, 0.3) is 5.91 Å². The van der Waals surface area contributed by atoms with Crippen LogP contribution in [0.5, 0.6) is 5.75 Å². The molecule has 1 aliphatic rings. The average Bonchev–Trinajstić information content (AvgIpc) is 3.00. The fourth-order valence-electron chi connectivity index (χ4n) is 2.92. The summed E-state index contributed by atoms with van der Waals surface area (Å²) in [6.07, 6.45) is 0.329. The third-order valence-electron chi connectivity index (χ3n) is 4.09. The van der Waals surface area contributed by atoms with E-state index in [1.165, 1.54) is 0 Å². The number of hydrogen-bond donors (Lipinski definition) is 2. The summed E-state index contributed by atoms with van der Waals surface area (Å²) >= 11 is 0. The molecule has 0 radical (unpaired) electrons. The minimum absolute atomic E-state index is 0.158. The molecular weight excluding hydrogens is 310 g/mol. The summed E-state index contributed by atoms with van der Waals surface area (Å²) in [7, 11) is 0. The highest BCUT2D eigenvalue weighted by molar-refractivity contribution is 5.84. The molecule has 1 aliphatic heterocycles. The minimum Gasteiger partial charge on any atom is -0.484 e. The first-order chi connectivity index (χ1) is 11.6. The number of carboxylic acid groups (broad SMARTS) is 1. The molecule has 2 N–H and O–H groups in total. The van der Waals surface area contributed by atoms with Gasteiger partial charge in [-0.2, -0.15) is 0 Å². The summed E-state index contributed by atoms with van der Waals surface area (Å²) in [6.45, 7) is 0.486. The van der Waals surface area contributed by atoms with Crippen molar-refractivity contribution in [2.24, 2.45) is 0 Å². The number of hydrogen-bond acceptors (Lipinski definition) is 4. The number of carbonyl (C=O) groups is 2. The maximum absolute atomic E-state index is 12.1. The molecule has 6 heteroatoms. The number of aliphatic carboxylic acids is 1. The van der Waals surface area contributed by atoms with E-state index in [0.717, 1.165) is 10.8 Å². The van der Waals surface area contributed by atoms with Crippen molar-refractivity contribution in [2.75, 3.05) is 19.8 Å².